The molecular formula is C14H18N2O3. The Morgan fingerprint density at radius 1 is 1.37 bits per heavy atom. The molecule has 1 N–H and O–H groups in total. The third-order valence-corrected chi connectivity index (χ3v) is 3.20. The molecule has 1 aliphatic heterocycles. The number of anilines is 1. The quantitative estimate of drug-likeness (QED) is 0.830. The lowest BCUT2D eigenvalue weighted by Crippen LogP contribution is -2.38. The fourth-order valence-electron chi connectivity index (χ4n) is 2.24. The number of nitrogens with zero attached hydrogens (tertiary/aromatic N) is 1. The molecule has 0 spiro atoms. The van der Waals surface area contributed by atoms with Crippen LogP contribution in [0.4, 0.5) is 5.69 Å². The number of rotatable bonds is 3. The van der Waals surface area contributed by atoms with Crippen molar-refractivity contribution in [2.75, 3.05) is 32.1 Å². The first kappa shape index (κ1) is 13.5. The average molecular weight is 262 g/mol. The normalized spacial score (nSPS) is 18.4. The molecule has 1 fully saturated rings. The van der Waals surface area contributed by atoms with Crippen LogP contribution in [-0.2, 0) is 14.3 Å². The number of hydrogen-bond acceptors (Lipinski definition) is 3. The summed E-state index contributed by atoms with van der Waals surface area (Å²) in [6.07, 6.45) is 0.887. The lowest BCUT2D eigenvalue weighted by Gasteiger charge is -2.15. The zero-order valence-electron chi connectivity index (χ0n) is 11.0. The van der Waals surface area contributed by atoms with Gasteiger partial charge in [0.15, 0.2) is 0 Å². The number of ether oxygens (including phenoxy) is 1. The fraction of sp³-hybridized carbons (Fsp3) is 0.429. The summed E-state index contributed by atoms with van der Waals surface area (Å²) in [5.74, 6) is -0.717. The SMILES string of the molecule is COCC1CCN(C(=O)C(=O)Nc2ccccc2)C1. The summed E-state index contributed by atoms with van der Waals surface area (Å²) in [6, 6.07) is 8.98. The van der Waals surface area contributed by atoms with E-state index in [0.717, 1.165) is 6.42 Å². The third-order valence-electron chi connectivity index (χ3n) is 3.20. The molecule has 0 aliphatic carbocycles. The fourth-order valence-corrected chi connectivity index (χ4v) is 2.24. The Kier molecular flexibility index (Phi) is 4.52. The van der Waals surface area contributed by atoms with E-state index in [4.69, 9.17) is 4.74 Å². The highest BCUT2D eigenvalue weighted by Crippen LogP contribution is 2.16. The monoisotopic (exact) mass is 262 g/mol. The molecule has 102 valence electrons. The van der Waals surface area contributed by atoms with E-state index in [0.29, 0.717) is 31.3 Å². The number of likely N-dealkylation sites (tertiary alicyclic amines) is 1. The first-order chi connectivity index (χ1) is 9.20. The Balaban J connectivity index is 1.88. The highest BCUT2D eigenvalue weighted by molar-refractivity contribution is 6.39. The number of benzene rings is 1. The highest BCUT2D eigenvalue weighted by Gasteiger charge is 2.29. The summed E-state index contributed by atoms with van der Waals surface area (Å²) in [5, 5.41) is 2.60. The molecule has 0 radical (unpaired) electrons. The number of amides is 2. The van der Waals surface area contributed by atoms with Gasteiger partial charge in [0, 0.05) is 31.8 Å². The lowest BCUT2D eigenvalue weighted by atomic mass is 10.1. The average Bonchev–Trinajstić information content (AvgIpc) is 2.88. The summed E-state index contributed by atoms with van der Waals surface area (Å²) in [5.41, 5.74) is 0.633. The first-order valence-electron chi connectivity index (χ1n) is 6.35. The molecule has 0 aromatic heterocycles. The molecule has 1 unspecified atom stereocenters. The van der Waals surface area contributed by atoms with E-state index in [9.17, 15) is 9.59 Å². The Morgan fingerprint density at radius 3 is 2.79 bits per heavy atom. The van der Waals surface area contributed by atoms with Crippen molar-refractivity contribution in [1.29, 1.82) is 0 Å². The van der Waals surface area contributed by atoms with Gasteiger partial charge < -0.3 is 15.0 Å². The van der Waals surface area contributed by atoms with Gasteiger partial charge in [-0.1, -0.05) is 18.2 Å². The summed E-state index contributed by atoms with van der Waals surface area (Å²) in [6.45, 7) is 1.84. The molecule has 1 heterocycles. The largest absolute Gasteiger partial charge is 0.384 e. The van der Waals surface area contributed by atoms with Crippen LogP contribution in [0, 0.1) is 5.92 Å². The number of para-hydroxylation sites is 1. The van der Waals surface area contributed by atoms with E-state index in [2.05, 4.69) is 5.32 Å². The summed E-state index contributed by atoms with van der Waals surface area (Å²) >= 11 is 0. The van der Waals surface area contributed by atoms with Crippen molar-refractivity contribution >= 4 is 17.5 Å². The van der Waals surface area contributed by atoms with E-state index in [1.165, 1.54) is 0 Å². The maximum atomic E-state index is 12.0. The van der Waals surface area contributed by atoms with Crippen LogP contribution in [0.2, 0.25) is 0 Å². The molecule has 2 amide bonds. The van der Waals surface area contributed by atoms with E-state index in [1.807, 2.05) is 18.2 Å². The molecule has 1 atom stereocenters. The Labute approximate surface area is 112 Å². The Morgan fingerprint density at radius 2 is 2.11 bits per heavy atom. The summed E-state index contributed by atoms with van der Waals surface area (Å²) in [7, 11) is 1.65. The van der Waals surface area contributed by atoms with E-state index >= 15 is 0 Å². The van der Waals surface area contributed by atoms with Crippen molar-refractivity contribution < 1.29 is 14.3 Å². The van der Waals surface area contributed by atoms with Crippen molar-refractivity contribution in [3.8, 4) is 0 Å². The van der Waals surface area contributed by atoms with Crippen LogP contribution in [0.1, 0.15) is 6.42 Å². The number of methoxy groups -OCH3 is 1. The predicted octanol–water partition coefficient (Wildman–Crippen LogP) is 1.12. The van der Waals surface area contributed by atoms with Gasteiger partial charge in [0.1, 0.15) is 0 Å². The van der Waals surface area contributed by atoms with Gasteiger partial charge in [-0.2, -0.15) is 0 Å². The van der Waals surface area contributed by atoms with Crippen LogP contribution in [0.25, 0.3) is 0 Å². The van der Waals surface area contributed by atoms with Gasteiger partial charge in [0.2, 0.25) is 0 Å². The lowest BCUT2D eigenvalue weighted by molar-refractivity contribution is -0.142. The number of carbonyl (C=O) groups is 2. The molecule has 5 nitrogen and oxygen atoms in total. The van der Waals surface area contributed by atoms with E-state index in [1.54, 1.807) is 24.1 Å². The topological polar surface area (TPSA) is 58.6 Å². The van der Waals surface area contributed by atoms with Gasteiger partial charge in [-0.05, 0) is 18.6 Å². The molecule has 0 bridgehead atoms. The van der Waals surface area contributed by atoms with E-state index in [-0.39, 0.29) is 0 Å². The first-order valence-corrected chi connectivity index (χ1v) is 6.35. The molecule has 1 saturated heterocycles. The summed E-state index contributed by atoms with van der Waals surface area (Å²) < 4.78 is 5.07. The molecule has 1 aromatic carbocycles. The zero-order chi connectivity index (χ0) is 13.7. The number of nitrogens with one attached hydrogen (secondary N) is 1. The molecule has 0 saturated carbocycles. The standard InChI is InChI=1S/C14H18N2O3/c1-19-10-11-7-8-16(9-11)14(18)13(17)15-12-5-3-2-4-6-12/h2-6,11H,7-10H2,1H3,(H,15,17). The van der Waals surface area contributed by atoms with Crippen molar-refractivity contribution in [2.45, 2.75) is 6.42 Å². The molecule has 19 heavy (non-hydrogen) atoms. The highest BCUT2D eigenvalue weighted by atomic mass is 16.5. The van der Waals surface area contributed by atoms with Gasteiger partial charge in [-0.25, -0.2) is 0 Å². The minimum absolute atomic E-state index is 0.332. The van der Waals surface area contributed by atoms with Gasteiger partial charge in [-0.3, -0.25) is 9.59 Å². The van der Waals surface area contributed by atoms with Crippen LogP contribution >= 0.6 is 0 Å². The number of hydrogen-bond donors (Lipinski definition) is 1. The second-order valence-electron chi connectivity index (χ2n) is 4.68. The van der Waals surface area contributed by atoms with Gasteiger partial charge in [0.05, 0.1) is 6.61 Å². The molecule has 1 aromatic rings. The Hall–Kier alpha value is -1.88. The molecule has 1 aliphatic rings. The number of carbonyl (C=O) groups excluding carboxylic acids is 2. The third kappa shape index (κ3) is 3.54. The van der Waals surface area contributed by atoms with E-state index < -0.39 is 11.8 Å². The van der Waals surface area contributed by atoms with Crippen LogP contribution < -0.4 is 5.32 Å². The predicted molar refractivity (Wildman–Crippen MR) is 71.6 cm³/mol. The smallest absolute Gasteiger partial charge is 0.313 e. The van der Waals surface area contributed by atoms with Crippen molar-refractivity contribution in [3.63, 3.8) is 0 Å². The van der Waals surface area contributed by atoms with Crippen molar-refractivity contribution in [3.05, 3.63) is 30.3 Å². The molecule has 5 heteroatoms. The van der Waals surface area contributed by atoms with Gasteiger partial charge >= 0.3 is 11.8 Å². The van der Waals surface area contributed by atoms with Crippen LogP contribution in [-0.4, -0.2) is 43.5 Å². The second-order valence-corrected chi connectivity index (χ2v) is 4.68. The minimum Gasteiger partial charge on any atom is -0.384 e. The Bertz CT molecular complexity index is 447. The van der Waals surface area contributed by atoms with Crippen LogP contribution in [0.3, 0.4) is 0 Å². The van der Waals surface area contributed by atoms with Crippen molar-refractivity contribution in [2.24, 2.45) is 5.92 Å². The van der Waals surface area contributed by atoms with Gasteiger partial charge in [0.25, 0.3) is 0 Å². The maximum absolute atomic E-state index is 12.0. The molecule has 2 rings (SSSR count). The van der Waals surface area contributed by atoms with Crippen LogP contribution in [0.5, 0.6) is 0 Å². The van der Waals surface area contributed by atoms with Crippen molar-refractivity contribution in [1.82, 2.24) is 4.90 Å². The second kappa shape index (κ2) is 6.33. The van der Waals surface area contributed by atoms with Crippen LogP contribution in [0.15, 0.2) is 30.3 Å². The van der Waals surface area contributed by atoms with Gasteiger partial charge in [-0.15, -0.1) is 0 Å². The minimum atomic E-state index is -0.579. The maximum Gasteiger partial charge on any atom is 0.313 e. The summed E-state index contributed by atoms with van der Waals surface area (Å²) in [4.78, 5) is 25.4. The zero-order valence-corrected chi connectivity index (χ0v) is 11.0. The molecular weight excluding hydrogens is 244 g/mol.